The lowest BCUT2D eigenvalue weighted by Crippen LogP contribution is -1.73. The summed E-state index contributed by atoms with van der Waals surface area (Å²) in [5.74, 6) is 0.965. The fourth-order valence-corrected chi connectivity index (χ4v) is 2.55. The van der Waals surface area contributed by atoms with Crippen LogP contribution in [0.4, 0.5) is 0 Å². The van der Waals surface area contributed by atoms with Crippen LogP contribution < -0.4 is 0 Å². The first-order chi connectivity index (χ1) is 16.1. The first-order valence-corrected chi connectivity index (χ1v) is 10.5. The molecule has 0 aromatic heterocycles. The first-order valence-electron chi connectivity index (χ1n) is 10.5. The predicted octanol–water partition coefficient (Wildman–Crippen LogP) is 7.53. The van der Waals surface area contributed by atoms with E-state index in [0.29, 0.717) is 17.2 Å². The van der Waals surface area contributed by atoms with Gasteiger partial charge < -0.3 is 15.3 Å². The average molecular weight is 437 g/mol. The number of benzene rings is 5. The minimum Gasteiger partial charge on any atom is -0.508 e. The van der Waals surface area contributed by atoms with Crippen molar-refractivity contribution in [3.05, 3.63) is 152 Å². The molecule has 3 heteroatoms. The van der Waals surface area contributed by atoms with Gasteiger partial charge in [0.15, 0.2) is 0 Å². The van der Waals surface area contributed by atoms with E-state index >= 15 is 0 Å². The molecule has 5 rings (SSSR count). The third-order valence-corrected chi connectivity index (χ3v) is 4.15. The summed E-state index contributed by atoms with van der Waals surface area (Å²) in [7, 11) is 0. The Morgan fingerprint density at radius 3 is 0.576 bits per heavy atom. The number of phenols is 3. The van der Waals surface area contributed by atoms with E-state index in [4.69, 9.17) is 15.3 Å². The van der Waals surface area contributed by atoms with Gasteiger partial charge in [-0.1, -0.05) is 115 Å². The molecule has 0 saturated heterocycles. The van der Waals surface area contributed by atoms with E-state index in [0.717, 1.165) is 0 Å². The molecule has 0 saturated carbocycles. The van der Waals surface area contributed by atoms with Crippen LogP contribution in [0.15, 0.2) is 152 Å². The molecule has 0 atom stereocenters. The molecule has 3 N–H and O–H groups in total. The highest BCUT2D eigenvalue weighted by molar-refractivity contribution is 5.62. The summed E-state index contributed by atoms with van der Waals surface area (Å²) in [6.45, 7) is 0. The second-order valence-corrected chi connectivity index (χ2v) is 6.74. The van der Waals surface area contributed by atoms with Gasteiger partial charge in [-0.05, 0) is 47.5 Å². The van der Waals surface area contributed by atoms with Gasteiger partial charge in [0, 0.05) is 0 Å². The number of aromatic hydroxyl groups is 3. The summed E-state index contributed by atoms with van der Waals surface area (Å²) < 4.78 is 0. The molecule has 5 aromatic carbocycles. The topological polar surface area (TPSA) is 60.7 Å². The van der Waals surface area contributed by atoms with E-state index in [-0.39, 0.29) is 0 Å². The molecule has 0 aliphatic carbocycles. The van der Waals surface area contributed by atoms with Crippen molar-refractivity contribution in [2.75, 3.05) is 0 Å². The zero-order chi connectivity index (χ0) is 23.6. The predicted molar refractivity (Wildman–Crippen MR) is 136 cm³/mol. The minimum atomic E-state index is 0.322. The van der Waals surface area contributed by atoms with Crippen LogP contribution >= 0.6 is 0 Å². The molecule has 0 heterocycles. The summed E-state index contributed by atoms with van der Waals surface area (Å²) in [6, 6.07) is 46.9. The van der Waals surface area contributed by atoms with Crippen molar-refractivity contribution in [3.63, 3.8) is 0 Å². The van der Waals surface area contributed by atoms with Gasteiger partial charge >= 0.3 is 0 Å². The van der Waals surface area contributed by atoms with Crippen LogP contribution in [0, 0.1) is 0 Å². The Kier molecular flexibility index (Phi) is 11.5. The third-order valence-electron chi connectivity index (χ3n) is 4.15. The van der Waals surface area contributed by atoms with Crippen LogP contribution in [-0.4, -0.2) is 15.3 Å². The van der Waals surface area contributed by atoms with Gasteiger partial charge in [0.2, 0.25) is 0 Å². The van der Waals surface area contributed by atoms with Crippen molar-refractivity contribution < 1.29 is 15.3 Å². The van der Waals surface area contributed by atoms with Crippen molar-refractivity contribution in [2.45, 2.75) is 0 Å². The highest BCUT2D eigenvalue weighted by atomic mass is 16.3. The standard InChI is InChI=1S/C12H10.3C6H6O/c1-3-7-11(8-4-1)12-9-5-2-6-10-12;3*7-6-4-2-1-3-5-6/h1-10H;3*1-5,7H. The number of para-hydroxylation sites is 3. The van der Waals surface area contributed by atoms with Crippen LogP contribution in [-0.2, 0) is 0 Å². The highest BCUT2D eigenvalue weighted by Gasteiger charge is 1.91. The van der Waals surface area contributed by atoms with E-state index in [1.165, 1.54) is 11.1 Å². The van der Waals surface area contributed by atoms with E-state index < -0.39 is 0 Å². The molecule has 0 amide bonds. The molecule has 3 nitrogen and oxygen atoms in total. The zero-order valence-corrected chi connectivity index (χ0v) is 18.3. The lowest BCUT2D eigenvalue weighted by molar-refractivity contribution is 0.475. The van der Waals surface area contributed by atoms with Gasteiger partial charge in [-0.3, -0.25) is 0 Å². The molecule has 0 aliphatic heterocycles. The Hall–Kier alpha value is -4.50. The maximum absolute atomic E-state index is 8.63. The Morgan fingerprint density at radius 2 is 0.424 bits per heavy atom. The molecule has 33 heavy (non-hydrogen) atoms. The molecular formula is C30H28O3. The van der Waals surface area contributed by atoms with Crippen LogP contribution in [0.1, 0.15) is 0 Å². The van der Waals surface area contributed by atoms with E-state index in [1.807, 2.05) is 30.3 Å². The van der Waals surface area contributed by atoms with E-state index in [1.54, 1.807) is 72.8 Å². The van der Waals surface area contributed by atoms with Crippen molar-refractivity contribution in [1.82, 2.24) is 0 Å². The molecule has 0 bridgehead atoms. The Labute approximate surface area is 195 Å². The molecule has 0 radical (unpaired) electrons. The number of hydrogen-bond acceptors (Lipinski definition) is 3. The van der Waals surface area contributed by atoms with Crippen LogP contribution in [0.3, 0.4) is 0 Å². The quantitative estimate of drug-likeness (QED) is 0.254. The molecule has 0 aliphatic rings. The number of phenolic OH excluding ortho intramolecular Hbond substituents is 3. The lowest BCUT2D eigenvalue weighted by Gasteiger charge is -1.98. The van der Waals surface area contributed by atoms with E-state index in [9.17, 15) is 0 Å². The number of rotatable bonds is 1. The summed E-state index contributed by atoms with van der Waals surface area (Å²) in [6.07, 6.45) is 0. The molecule has 166 valence electrons. The fraction of sp³-hybridized carbons (Fsp3) is 0. The summed E-state index contributed by atoms with van der Waals surface area (Å²) in [5, 5.41) is 25.9. The smallest absolute Gasteiger partial charge is 0.115 e. The average Bonchev–Trinajstić information content (AvgIpc) is 2.88. The second-order valence-electron chi connectivity index (χ2n) is 6.74. The van der Waals surface area contributed by atoms with Gasteiger partial charge in [0.1, 0.15) is 17.2 Å². The van der Waals surface area contributed by atoms with E-state index in [2.05, 4.69) is 48.5 Å². The fourth-order valence-electron chi connectivity index (χ4n) is 2.55. The second kappa shape index (κ2) is 15.3. The van der Waals surface area contributed by atoms with Gasteiger partial charge in [-0.25, -0.2) is 0 Å². The highest BCUT2D eigenvalue weighted by Crippen LogP contribution is 2.17. The largest absolute Gasteiger partial charge is 0.508 e. The van der Waals surface area contributed by atoms with Crippen molar-refractivity contribution in [2.24, 2.45) is 0 Å². The Balaban J connectivity index is 0.000000162. The molecule has 5 aromatic rings. The van der Waals surface area contributed by atoms with Crippen molar-refractivity contribution in [1.29, 1.82) is 0 Å². The van der Waals surface area contributed by atoms with Crippen molar-refractivity contribution in [3.8, 4) is 28.4 Å². The van der Waals surface area contributed by atoms with Crippen LogP contribution in [0.5, 0.6) is 17.2 Å². The third kappa shape index (κ3) is 11.5. The minimum absolute atomic E-state index is 0.322. The summed E-state index contributed by atoms with van der Waals surface area (Å²) in [5.41, 5.74) is 2.55. The molecule has 0 fully saturated rings. The molecule has 0 unspecified atom stereocenters. The van der Waals surface area contributed by atoms with Gasteiger partial charge in [-0.2, -0.15) is 0 Å². The molecular weight excluding hydrogens is 408 g/mol. The van der Waals surface area contributed by atoms with Gasteiger partial charge in [0.25, 0.3) is 0 Å². The SMILES string of the molecule is Oc1ccccc1.Oc1ccccc1.Oc1ccccc1.c1ccc(-c2ccccc2)cc1. The Morgan fingerprint density at radius 1 is 0.242 bits per heavy atom. The zero-order valence-electron chi connectivity index (χ0n) is 18.3. The van der Waals surface area contributed by atoms with Gasteiger partial charge in [0.05, 0.1) is 0 Å². The summed E-state index contributed by atoms with van der Waals surface area (Å²) >= 11 is 0. The maximum atomic E-state index is 8.63. The number of hydrogen-bond donors (Lipinski definition) is 3. The Bertz CT molecular complexity index is 973. The van der Waals surface area contributed by atoms with Crippen molar-refractivity contribution >= 4 is 0 Å². The monoisotopic (exact) mass is 436 g/mol. The lowest BCUT2D eigenvalue weighted by atomic mass is 10.1. The van der Waals surface area contributed by atoms with Crippen LogP contribution in [0.25, 0.3) is 11.1 Å². The first kappa shape index (κ1) is 24.8. The van der Waals surface area contributed by atoms with Gasteiger partial charge in [-0.15, -0.1) is 0 Å². The normalized spacial score (nSPS) is 8.97. The van der Waals surface area contributed by atoms with Crippen LogP contribution in [0.2, 0.25) is 0 Å². The molecule has 0 spiro atoms. The summed E-state index contributed by atoms with van der Waals surface area (Å²) in [4.78, 5) is 0. The maximum Gasteiger partial charge on any atom is 0.115 e.